The third kappa shape index (κ3) is 18.4. The van der Waals surface area contributed by atoms with Crippen LogP contribution in [0.1, 0.15) is 46.5 Å². The van der Waals surface area contributed by atoms with E-state index in [2.05, 4.69) is 29.5 Å². The van der Waals surface area contributed by atoms with Crippen molar-refractivity contribution in [3.8, 4) is 0 Å². The van der Waals surface area contributed by atoms with Crippen LogP contribution < -0.4 is 10.6 Å². The smallest absolute Gasteiger partial charge is 0.000968 e. The van der Waals surface area contributed by atoms with Gasteiger partial charge in [-0.15, -0.1) is 0 Å². The molecule has 0 saturated carbocycles. The quantitative estimate of drug-likeness (QED) is 0.547. The molecule has 0 aromatic heterocycles. The van der Waals surface area contributed by atoms with Crippen molar-refractivity contribution in [2.75, 3.05) is 46.8 Å². The van der Waals surface area contributed by atoms with Gasteiger partial charge in [-0.05, 0) is 66.1 Å². The lowest BCUT2D eigenvalue weighted by atomic mass is 10.3. The number of unbranched alkanes of at least 4 members (excludes halogenated alkanes) is 1. The van der Waals surface area contributed by atoms with E-state index < -0.39 is 0 Å². The van der Waals surface area contributed by atoms with E-state index in [1.165, 1.54) is 45.3 Å². The average Bonchev–Trinajstić information content (AvgIpc) is 2.36. The molecule has 0 rings (SSSR count). The molecule has 0 spiro atoms. The van der Waals surface area contributed by atoms with Gasteiger partial charge in [0.15, 0.2) is 0 Å². The van der Waals surface area contributed by atoms with E-state index in [0.29, 0.717) is 0 Å². The summed E-state index contributed by atoms with van der Waals surface area (Å²) in [6.45, 7) is 12.1. The molecular formula is C14H35N3. The molecule has 3 nitrogen and oxygen atoms in total. The maximum absolute atomic E-state index is 3.47. The summed E-state index contributed by atoms with van der Waals surface area (Å²) in [6, 6.07) is 0. The third-order valence-corrected chi connectivity index (χ3v) is 2.57. The molecule has 0 amide bonds. The number of rotatable bonds is 11. The first-order chi connectivity index (χ1) is 8.31. The number of hydrogen-bond donors (Lipinski definition) is 2. The zero-order chi connectivity index (χ0) is 13.4. The zero-order valence-corrected chi connectivity index (χ0v) is 12.8. The standard InChI is InChI=1S/C12H29N3.C2H6/c1-4-5-9-14-10-7-12-15(3)11-6-8-13-2;1-2/h13-14H,4-12H2,1-3H3;1-2H3. The van der Waals surface area contributed by atoms with Crippen LogP contribution in [0.15, 0.2) is 0 Å². The molecule has 106 valence electrons. The van der Waals surface area contributed by atoms with Crippen LogP contribution in [0.5, 0.6) is 0 Å². The minimum absolute atomic E-state index is 1.12. The Morgan fingerprint density at radius 2 is 1.41 bits per heavy atom. The van der Waals surface area contributed by atoms with Crippen LogP contribution in [-0.4, -0.2) is 51.7 Å². The highest BCUT2D eigenvalue weighted by molar-refractivity contribution is 4.55. The van der Waals surface area contributed by atoms with Crippen LogP contribution in [0.2, 0.25) is 0 Å². The highest BCUT2D eigenvalue weighted by Crippen LogP contribution is 1.89. The Kier molecular flexibility index (Phi) is 20.6. The second-order valence-electron chi connectivity index (χ2n) is 4.22. The van der Waals surface area contributed by atoms with Crippen molar-refractivity contribution < 1.29 is 0 Å². The van der Waals surface area contributed by atoms with Crippen molar-refractivity contribution in [1.29, 1.82) is 0 Å². The monoisotopic (exact) mass is 245 g/mol. The fraction of sp³-hybridized carbons (Fsp3) is 1.00. The van der Waals surface area contributed by atoms with E-state index in [0.717, 1.165) is 13.1 Å². The van der Waals surface area contributed by atoms with E-state index in [1.807, 2.05) is 20.9 Å². The Morgan fingerprint density at radius 1 is 0.882 bits per heavy atom. The Labute approximate surface area is 109 Å². The molecule has 0 aliphatic rings. The molecule has 0 fully saturated rings. The molecule has 0 aliphatic heterocycles. The van der Waals surface area contributed by atoms with Gasteiger partial charge in [0.25, 0.3) is 0 Å². The van der Waals surface area contributed by atoms with Crippen molar-refractivity contribution in [2.45, 2.75) is 46.5 Å². The second-order valence-corrected chi connectivity index (χ2v) is 4.22. The summed E-state index contributed by atoms with van der Waals surface area (Å²) in [6.07, 6.45) is 5.10. The molecule has 2 N–H and O–H groups in total. The van der Waals surface area contributed by atoms with E-state index in [4.69, 9.17) is 0 Å². The third-order valence-electron chi connectivity index (χ3n) is 2.57. The van der Waals surface area contributed by atoms with E-state index in [-0.39, 0.29) is 0 Å². The first-order valence-electron chi connectivity index (χ1n) is 7.35. The maximum atomic E-state index is 3.47. The molecular weight excluding hydrogens is 210 g/mol. The Balaban J connectivity index is 0. The molecule has 0 aliphatic carbocycles. The van der Waals surface area contributed by atoms with Crippen molar-refractivity contribution in [2.24, 2.45) is 0 Å². The highest BCUT2D eigenvalue weighted by Gasteiger charge is 1.96. The molecule has 0 unspecified atom stereocenters. The molecule has 0 atom stereocenters. The van der Waals surface area contributed by atoms with Gasteiger partial charge in [-0.2, -0.15) is 0 Å². The molecule has 0 saturated heterocycles. The Morgan fingerprint density at radius 3 is 1.94 bits per heavy atom. The number of hydrogen-bond acceptors (Lipinski definition) is 3. The first kappa shape index (κ1) is 19.2. The van der Waals surface area contributed by atoms with Gasteiger partial charge in [0.1, 0.15) is 0 Å². The Hall–Kier alpha value is -0.120. The molecule has 0 heterocycles. The van der Waals surface area contributed by atoms with Gasteiger partial charge >= 0.3 is 0 Å². The fourth-order valence-electron chi connectivity index (χ4n) is 1.54. The van der Waals surface area contributed by atoms with Gasteiger partial charge in [0, 0.05) is 0 Å². The minimum atomic E-state index is 1.12. The van der Waals surface area contributed by atoms with Crippen molar-refractivity contribution in [1.82, 2.24) is 15.5 Å². The molecule has 17 heavy (non-hydrogen) atoms. The summed E-state index contributed by atoms with van der Waals surface area (Å²) in [4.78, 5) is 2.42. The van der Waals surface area contributed by atoms with Gasteiger partial charge < -0.3 is 15.5 Å². The zero-order valence-electron chi connectivity index (χ0n) is 12.8. The first-order valence-corrected chi connectivity index (χ1v) is 7.35. The van der Waals surface area contributed by atoms with Gasteiger partial charge in [0.2, 0.25) is 0 Å². The summed E-state index contributed by atoms with van der Waals surface area (Å²) in [5.41, 5.74) is 0. The number of nitrogens with zero attached hydrogens (tertiary/aromatic N) is 1. The molecule has 0 radical (unpaired) electrons. The van der Waals surface area contributed by atoms with Gasteiger partial charge in [-0.3, -0.25) is 0 Å². The minimum Gasteiger partial charge on any atom is -0.320 e. The summed E-state index contributed by atoms with van der Waals surface area (Å²) in [5.74, 6) is 0. The molecule has 0 aromatic rings. The van der Waals surface area contributed by atoms with E-state index in [1.54, 1.807) is 0 Å². The van der Waals surface area contributed by atoms with Crippen LogP contribution in [0.4, 0.5) is 0 Å². The van der Waals surface area contributed by atoms with Gasteiger partial charge in [-0.1, -0.05) is 27.2 Å². The lowest BCUT2D eigenvalue weighted by Crippen LogP contribution is -2.26. The number of nitrogens with one attached hydrogen (secondary N) is 2. The lowest BCUT2D eigenvalue weighted by Gasteiger charge is -2.16. The summed E-state index contributed by atoms with van der Waals surface area (Å²) >= 11 is 0. The average molecular weight is 245 g/mol. The van der Waals surface area contributed by atoms with Crippen LogP contribution in [0, 0.1) is 0 Å². The molecule has 3 heteroatoms. The second kappa shape index (κ2) is 18.3. The van der Waals surface area contributed by atoms with Crippen molar-refractivity contribution in [3.63, 3.8) is 0 Å². The fourth-order valence-corrected chi connectivity index (χ4v) is 1.54. The molecule has 0 bridgehead atoms. The van der Waals surface area contributed by atoms with Gasteiger partial charge in [0.05, 0.1) is 0 Å². The van der Waals surface area contributed by atoms with Crippen molar-refractivity contribution >= 4 is 0 Å². The predicted octanol–water partition coefficient (Wildman–Crippen LogP) is 2.33. The van der Waals surface area contributed by atoms with Crippen LogP contribution in [-0.2, 0) is 0 Å². The largest absolute Gasteiger partial charge is 0.320 e. The highest BCUT2D eigenvalue weighted by atomic mass is 15.1. The maximum Gasteiger partial charge on any atom is -0.000968 e. The SMILES string of the molecule is CC.CCCCNCCCN(C)CCCNC. The molecule has 0 aromatic carbocycles. The summed E-state index contributed by atoms with van der Waals surface area (Å²) in [7, 11) is 4.22. The summed E-state index contributed by atoms with van der Waals surface area (Å²) in [5, 5.41) is 6.64. The predicted molar refractivity (Wildman–Crippen MR) is 79.8 cm³/mol. The van der Waals surface area contributed by atoms with Crippen molar-refractivity contribution in [3.05, 3.63) is 0 Å². The van der Waals surface area contributed by atoms with Crippen LogP contribution in [0.25, 0.3) is 0 Å². The van der Waals surface area contributed by atoms with Gasteiger partial charge in [-0.25, -0.2) is 0 Å². The Bertz CT molecular complexity index is 118. The van der Waals surface area contributed by atoms with E-state index in [9.17, 15) is 0 Å². The normalized spacial score (nSPS) is 10.2. The van der Waals surface area contributed by atoms with E-state index >= 15 is 0 Å². The lowest BCUT2D eigenvalue weighted by molar-refractivity contribution is 0.321. The van der Waals surface area contributed by atoms with Crippen LogP contribution in [0.3, 0.4) is 0 Å². The topological polar surface area (TPSA) is 27.3 Å². The van der Waals surface area contributed by atoms with Crippen LogP contribution >= 0.6 is 0 Å². The summed E-state index contributed by atoms with van der Waals surface area (Å²) < 4.78 is 0.